The summed E-state index contributed by atoms with van der Waals surface area (Å²) in [6.07, 6.45) is 0.600. The molecule has 3 aromatic carbocycles. The molecule has 0 heterocycles. The van der Waals surface area contributed by atoms with E-state index in [1.807, 2.05) is 48.5 Å². The first-order chi connectivity index (χ1) is 14.9. The minimum absolute atomic E-state index is 0.0684. The van der Waals surface area contributed by atoms with Crippen LogP contribution >= 0.6 is 39.1 Å². The Morgan fingerprint density at radius 1 is 0.968 bits per heavy atom. The van der Waals surface area contributed by atoms with Gasteiger partial charge in [0.2, 0.25) is 0 Å². The molecule has 0 saturated heterocycles. The van der Waals surface area contributed by atoms with Gasteiger partial charge in [-0.25, -0.2) is 0 Å². The number of hydrogen-bond acceptors (Lipinski definition) is 3. The fraction of sp³-hybridized carbons (Fsp3) is 0.208. The summed E-state index contributed by atoms with van der Waals surface area (Å²) in [6.45, 7) is 0.901. The molecule has 0 saturated carbocycles. The second-order valence-electron chi connectivity index (χ2n) is 6.91. The summed E-state index contributed by atoms with van der Waals surface area (Å²) >= 11 is 15.8. The summed E-state index contributed by atoms with van der Waals surface area (Å²) in [7, 11) is 3.19. The van der Waals surface area contributed by atoms with E-state index in [4.69, 9.17) is 32.7 Å². The number of benzene rings is 3. The topological polar surface area (TPSA) is 38.8 Å². The van der Waals surface area contributed by atoms with Crippen molar-refractivity contribution in [3.63, 3.8) is 0 Å². The number of rotatable bonds is 8. The highest BCUT2D eigenvalue weighted by Crippen LogP contribution is 2.29. The van der Waals surface area contributed by atoms with Crippen LogP contribution in [0.4, 0.5) is 0 Å². The zero-order valence-electron chi connectivity index (χ0n) is 17.2. The van der Waals surface area contributed by atoms with Crippen molar-refractivity contribution >= 4 is 45.0 Å². The Bertz CT molecular complexity index is 1070. The van der Waals surface area contributed by atoms with Gasteiger partial charge in [0, 0.05) is 33.2 Å². The number of amides is 1. The molecule has 0 atom stereocenters. The van der Waals surface area contributed by atoms with Crippen molar-refractivity contribution in [3.8, 4) is 11.5 Å². The van der Waals surface area contributed by atoms with Crippen LogP contribution in [0.3, 0.4) is 0 Å². The summed E-state index contributed by atoms with van der Waals surface area (Å²) in [4.78, 5) is 15.1. The van der Waals surface area contributed by atoms with Gasteiger partial charge < -0.3 is 14.4 Å². The van der Waals surface area contributed by atoms with Crippen LogP contribution in [0.1, 0.15) is 21.5 Å². The van der Waals surface area contributed by atoms with Crippen molar-refractivity contribution < 1.29 is 14.3 Å². The van der Waals surface area contributed by atoms with Crippen molar-refractivity contribution in [3.05, 3.63) is 91.9 Å². The molecule has 0 unspecified atom stereocenters. The van der Waals surface area contributed by atoms with E-state index in [-0.39, 0.29) is 5.91 Å². The monoisotopic (exact) mass is 521 g/mol. The normalized spacial score (nSPS) is 10.6. The zero-order chi connectivity index (χ0) is 22.4. The lowest BCUT2D eigenvalue weighted by Gasteiger charge is -2.24. The third kappa shape index (κ3) is 6.16. The molecule has 0 bridgehead atoms. The third-order valence-corrected chi connectivity index (χ3v) is 5.93. The van der Waals surface area contributed by atoms with E-state index >= 15 is 0 Å². The minimum atomic E-state index is -0.0684. The first-order valence-corrected chi connectivity index (χ1v) is 11.2. The molecule has 3 aromatic rings. The van der Waals surface area contributed by atoms with E-state index in [2.05, 4.69) is 15.9 Å². The Labute approximate surface area is 200 Å². The fourth-order valence-corrected chi connectivity index (χ4v) is 4.14. The van der Waals surface area contributed by atoms with E-state index in [1.165, 1.54) is 0 Å². The molecule has 31 heavy (non-hydrogen) atoms. The Hall–Kier alpha value is -2.21. The predicted octanol–water partition coefficient (Wildman–Crippen LogP) is 6.66. The van der Waals surface area contributed by atoms with Crippen molar-refractivity contribution in [2.45, 2.75) is 13.0 Å². The van der Waals surface area contributed by atoms with E-state index in [9.17, 15) is 4.79 Å². The smallest absolute Gasteiger partial charge is 0.254 e. The summed E-state index contributed by atoms with van der Waals surface area (Å²) < 4.78 is 11.6. The standard InChI is InChI=1S/C24H22BrCl2NO3/c1-30-22-9-6-16(12-23(22)31-2)15-28(24(29)18-4-3-5-19(25)13-18)11-10-17-7-8-20(26)14-21(17)27/h3-9,12-14H,10-11,15H2,1-2H3. The van der Waals surface area contributed by atoms with E-state index in [1.54, 1.807) is 31.3 Å². The Balaban J connectivity index is 1.87. The van der Waals surface area contributed by atoms with Crippen LogP contribution in [-0.2, 0) is 13.0 Å². The highest BCUT2D eigenvalue weighted by atomic mass is 79.9. The molecule has 0 aliphatic rings. The summed E-state index contributed by atoms with van der Waals surface area (Å²) in [5.74, 6) is 1.20. The van der Waals surface area contributed by atoms with Crippen LogP contribution in [-0.4, -0.2) is 31.6 Å². The highest BCUT2D eigenvalue weighted by molar-refractivity contribution is 9.10. The first kappa shape index (κ1) is 23.5. The number of nitrogens with zero attached hydrogens (tertiary/aromatic N) is 1. The zero-order valence-corrected chi connectivity index (χ0v) is 20.3. The summed E-state index contributed by atoms with van der Waals surface area (Å²) in [5.41, 5.74) is 2.48. The molecule has 0 aromatic heterocycles. The Morgan fingerprint density at radius 2 is 1.74 bits per heavy atom. The number of methoxy groups -OCH3 is 2. The molecular weight excluding hydrogens is 501 g/mol. The van der Waals surface area contributed by atoms with Gasteiger partial charge in [-0.15, -0.1) is 0 Å². The van der Waals surface area contributed by atoms with Gasteiger partial charge in [-0.1, -0.05) is 57.3 Å². The van der Waals surface area contributed by atoms with E-state index in [0.29, 0.717) is 46.6 Å². The maximum Gasteiger partial charge on any atom is 0.254 e. The van der Waals surface area contributed by atoms with Gasteiger partial charge in [-0.3, -0.25) is 4.79 Å². The van der Waals surface area contributed by atoms with Gasteiger partial charge in [-0.05, 0) is 60.0 Å². The molecule has 0 fully saturated rings. The number of hydrogen-bond donors (Lipinski definition) is 0. The Morgan fingerprint density at radius 3 is 2.42 bits per heavy atom. The van der Waals surface area contributed by atoms with Gasteiger partial charge in [-0.2, -0.15) is 0 Å². The lowest BCUT2D eigenvalue weighted by atomic mass is 10.1. The lowest BCUT2D eigenvalue weighted by molar-refractivity contribution is 0.0745. The average Bonchev–Trinajstić information content (AvgIpc) is 2.77. The van der Waals surface area contributed by atoms with Crippen LogP contribution in [0.5, 0.6) is 11.5 Å². The van der Waals surface area contributed by atoms with Crippen LogP contribution in [0.25, 0.3) is 0 Å². The summed E-state index contributed by atoms with van der Waals surface area (Å²) in [5, 5.41) is 1.18. The minimum Gasteiger partial charge on any atom is -0.493 e. The largest absolute Gasteiger partial charge is 0.493 e. The highest BCUT2D eigenvalue weighted by Gasteiger charge is 2.18. The van der Waals surface area contributed by atoms with Crippen molar-refractivity contribution in [2.24, 2.45) is 0 Å². The molecule has 162 valence electrons. The predicted molar refractivity (Wildman–Crippen MR) is 129 cm³/mol. The van der Waals surface area contributed by atoms with E-state index in [0.717, 1.165) is 15.6 Å². The molecule has 0 aliphatic carbocycles. The average molecular weight is 523 g/mol. The van der Waals surface area contributed by atoms with Crippen LogP contribution in [0.2, 0.25) is 10.0 Å². The van der Waals surface area contributed by atoms with Crippen LogP contribution in [0, 0.1) is 0 Å². The SMILES string of the molecule is COc1ccc(CN(CCc2ccc(Cl)cc2Cl)C(=O)c2cccc(Br)c2)cc1OC. The number of ether oxygens (including phenoxy) is 2. The second kappa shape index (κ2) is 10.9. The quantitative estimate of drug-likeness (QED) is 0.332. The molecule has 4 nitrogen and oxygen atoms in total. The molecular formula is C24H22BrCl2NO3. The van der Waals surface area contributed by atoms with Crippen molar-refractivity contribution in [1.82, 2.24) is 4.90 Å². The molecule has 0 radical (unpaired) electrons. The molecule has 0 aliphatic heterocycles. The maximum atomic E-state index is 13.3. The lowest BCUT2D eigenvalue weighted by Crippen LogP contribution is -2.32. The third-order valence-electron chi connectivity index (χ3n) is 4.85. The Kier molecular flexibility index (Phi) is 8.24. The van der Waals surface area contributed by atoms with Gasteiger partial charge in [0.05, 0.1) is 14.2 Å². The molecule has 1 amide bonds. The van der Waals surface area contributed by atoms with Gasteiger partial charge in [0.25, 0.3) is 5.91 Å². The maximum absolute atomic E-state index is 13.3. The van der Waals surface area contributed by atoms with Gasteiger partial charge in [0.15, 0.2) is 11.5 Å². The molecule has 3 rings (SSSR count). The van der Waals surface area contributed by atoms with Crippen molar-refractivity contribution in [2.75, 3.05) is 20.8 Å². The van der Waals surface area contributed by atoms with Gasteiger partial charge >= 0.3 is 0 Å². The summed E-state index contributed by atoms with van der Waals surface area (Å²) in [6, 6.07) is 18.4. The fourth-order valence-electron chi connectivity index (χ4n) is 3.24. The van der Waals surface area contributed by atoms with Crippen molar-refractivity contribution in [1.29, 1.82) is 0 Å². The molecule has 0 spiro atoms. The van der Waals surface area contributed by atoms with Gasteiger partial charge in [0.1, 0.15) is 0 Å². The van der Waals surface area contributed by atoms with E-state index < -0.39 is 0 Å². The van der Waals surface area contributed by atoms with Crippen LogP contribution in [0.15, 0.2) is 65.1 Å². The molecule has 0 N–H and O–H groups in total. The second-order valence-corrected chi connectivity index (χ2v) is 8.67. The number of halogens is 3. The molecule has 7 heteroatoms. The first-order valence-electron chi connectivity index (χ1n) is 9.61. The number of carbonyl (C=O) groups is 1. The van der Waals surface area contributed by atoms with Crippen LogP contribution < -0.4 is 9.47 Å². The number of carbonyl (C=O) groups excluding carboxylic acids is 1.